The molecule has 0 fully saturated rings. The quantitative estimate of drug-likeness (QED) is 0.156. The van der Waals surface area contributed by atoms with Crippen LogP contribution in [0.1, 0.15) is 22.3 Å². The molecule has 62 heavy (non-hydrogen) atoms. The summed E-state index contributed by atoms with van der Waals surface area (Å²) in [6.07, 6.45) is 0. The minimum Gasteiger partial charge on any atom is -0.310 e. The molecule has 3 heteroatoms. The third-order valence-electron chi connectivity index (χ3n) is 12.9. The molecule has 1 heterocycles. The molecular formula is C59H39FN2. The van der Waals surface area contributed by atoms with Gasteiger partial charge in [-0.3, -0.25) is 0 Å². The van der Waals surface area contributed by atoms with Crippen molar-refractivity contribution in [3.63, 3.8) is 0 Å². The molecule has 0 spiro atoms. The van der Waals surface area contributed by atoms with Gasteiger partial charge in [0.15, 0.2) is 0 Å². The van der Waals surface area contributed by atoms with Crippen LogP contribution in [0.25, 0.3) is 60.5 Å². The molecule has 0 bridgehead atoms. The normalized spacial score (nSPS) is 12.7. The number of anilines is 3. The van der Waals surface area contributed by atoms with Crippen molar-refractivity contribution in [2.75, 3.05) is 4.90 Å². The molecular weight excluding hydrogens is 756 g/mol. The molecule has 11 aromatic rings. The Hall–Kier alpha value is -8.01. The maximum Gasteiger partial charge on any atom is 0.123 e. The highest BCUT2D eigenvalue weighted by Gasteiger charge is 2.46. The Bertz CT molecular complexity index is 3420. The van der Waals surface area contributed by atoms with Crippen LogP contribution in [0.4, 0.5) is 21.5 Å². The van der Waals surface area contributed by atoms with Crippen molar-refractivity contribution in [2.24, 2.45) is 0 Å². The van der Waals surface area contributed by atoms with Crippen molar-refractivity contribution in [1.82, 2.24) is 4.57 Å². The van der Waals surface area contributed by atoms with Gasteiger partial charge in [-0.05, 0) is 128 Å². The van der Waals surface area contributed by atoms with Crippen molar-refractivity contribution < 1.29 is 4.39 Å². The summed E-state index contributed by atoms with van der Waals surface area (Å²) in [7, 11) is 0. The molecule has 1 aliphatic carbocycles. The standard InChI is InChI=1S/C59H39FN2/c60-46-27-32-48(33-28-46)62-57-22-12-10-20-53(57)54-35-26-43(38-58(54)62)41-23-29-47(30-24-41)61(49-31-25-40-13-7-8-14-42(40)37-49)50-34-36-52-51-19-9-11-21-55(51)59(56(52)39-50,44-15-3-1-4-16-44)45-17-5-2-6-18-45/h1-39H. The summed E-state index contributed by atoms with van der Waals surface area (Å²) in [6.45, 7) is 0. The fourth-order valence-corrected chi connectivity index (χ4v) is 10.2. The molecule has 0 unspecified atom stereocenters. The molecule has 292 valence electrons. The first-order valence-electron chi connectivity index (χ1n) is 21.2. The van der Waals surface area contributed by atoms with E-state index in [0.717, 1.165) is 50.3 Å². The predicted octanol–water partition coefficient (Wildman–Crippen LogP) is 15.6. The number of benzene rings is 10. The van der Waals surface area contributed by atoms with Gasteiger partial charge in [0.1, 0.15) is 5.82 Å². The van der Waals surface area contributed by atoms with Crippen LogP contribution in [0, 0.1) is 5.82 Å². The summed E-state index contributed by atoms with van der Waals surface area (Å²) >= 11 is 0. The van der Waals surface area contributed by atoms with Crippen molar-refractivity contribution in [2.45, 2.75) is 5.41 Å². The lowest BCUT2D eigenvalue weighted by Gasteiger charge is -2.35. The molecule has 0 aliphatic heterocycles. The smallest absolute Gasteiger partial charge is 0.123 e. The first kappa shape index (κ1) is 35.9. The summed E-state index contributed by atoms with van der Waals surface area (Å²) in [5.74, 6) is -0.246. The summed E-state index contributed by atoms with van der Waals surface area (Å²) in [5.41, 5.74) is 15.6. The molecule has 1 aromatic heterocycles. The van der Waals surface area contributed by atoms with Gasteiger partial charge in [-0.15, -0.1) is 0 Å². The number of aromatic nitrogens is 1. The van der Waals surface area contributed by atoms with Crippen LogP contribution in [0.2, 0.25) is 0 Å². The lowest BCUT2D eigenvalue weighted by molar-refractivity contribution is 0.627. The molecule has 0 saturated heterocycles. The third kappa shape index (κ3) is 5.56. The van der Waals surface area contributed by atoms with Crippen LogP contribution < -0.4 is 4.90 Å². The minimum atomic E-state index is -0.515. The molecule has 0 radical (unpaired) electrons. The fraction of sp³-hybridized carbons (Fsp3) is 0.0169. The largest absolute Gasteiger partial charge is 0.310 e. The van der Waals surface area contributed by atoms with Gasteiger partial charge in [-0.2, -0.15) is 0 Å². The minimum absolute atomic E-state index is 0.246. The highest BCUT2D eigenvalue weighted by molar-refractivity contribution is 6.10. The Morgan fingerprint density at radius 3 is 1.73 bits per heavy atom. The zero-order chi connectivity index (χ0) is 41.2. The second kappa shape index (κ2) is 14.3. The first-order chi connectivity index (χ1) is 30.6. The maximum atomic E-state index is 14.1. The zero-order valence-corrected chi connectivity index (χ0v) is 33.8. The average molecular weight is 795 g/mol. The summed E-state index contributed by atoms with van der Waals surface area (Å²) in [4.78, 5) is 2.40. The van der Waals surface area contributed by atoms with E-state index >= 15 is 0 Å². The van der Waals surface area contributed by atoms with Crippen LogP contribution in [0.3, 0.4) is 0 Å². The van der Waals surface area contributed by atoms with E-state index in [-0.39, 0.29) is 5.82 Å². The van der Waals surface area contributed by atoms with E-state index in [1.54, 1.807) is 0 Å². The Morgan fingerprint density at radius 2 is 0.952 bits per heavy atom. The highest BCUT2D eigenvalue weighted by atomic mass is 19.1. The number of fused-ring (bicyclic) bond motifs is 7. The number of hydrogen-bond donors (Lipinski definition) is 0. The van der Waals surface area contributed by atoms with Crippen LogP contribution in [0.5, 0.6) is 0 Å². The van der Waals surface area contributed by atoms with E-state index in [9.17, 15) is 4.39 Å². The fourth-order valence-electron chi connectivity index (χ4n) is 10.2. The van der Waals surface area contributed by atoms with E-state index < -0.39 is 5.41 Å². The van der Waals surface area contributed by atoms with Gasteiger partial charge in [0.05, 0.1) is 16.4 Å². The van der Waals surface area contributed by atoms with Crippen molar-refractivity contribution in [3.8, 4) is 27.9 Å². The summed E-state index contributed by atoms with van der Waals surface area (Å²) in [6, 6.07) is 84.1. The van der Waals surface area contributed by atoms with E-state index in [4.69, 9.17) is 0 Å². The van der Waals surface area contributed by atoms with Gasteiger partial charge in [-0.25, -0.2) is 4.39 Å². The second-order valence-electron chi connectivity index (χ2n) is 16.2. The van der Waals surface area contributed by atoms with Gasteiger partial charge < -0.3 is 9.47 Å². The third-order valence-corrected chi connectivity index (χ3v) is 12.9. The molecule has 0 amide bonds. The lowest BCUT2D eigenvalue weighted by Crippen LogP contribution is -2.28. The van der Waals surface area contributed by atoms with Gasteiger partial charge in [0, 0.05) is 33.5 Å². The molecule has 12 rings (SSSR count). The van der Waals surface area contributed by atoms with E-state index in [1.165, 1.54) is 61.7 Å². The monoisotopic (exact) mass is 794 g/mol. The number of hydrogen-bond acceptors (Lipinski definition) is 1. The van der Waals surface area contributed by atoms with Gasteiger partial charge in [0.25, 0.3) is 0 Å². The van der Waals surface area contributed by atoms with Crippen LogP contribution in [-0.2, 0) is 5.41 Å². The highest BCUT2D eigenvalue weighted by Crippen LogP contribution is 2.57. The van der Waals surface area contributed by atoms with Gasteiger partial charge >= 0.3 is 0 Å². The Labute approximate surface area is 360 Å². The lowest BCUT2D eigenvalue weighted by atomic mass is 9.67. The first-order valence-corrected chi connectivity index (χ1v) is 21.2. The van der Waals surface area contributed by atoms with E-state index in [2.05, 4.69) is 222 Å². The topological polar surface area (TPSA) is 8.17 Å². The van der Waals surface area contributed by atoms with Crippen LogP contribution in [-0.4, -0.2) is 4.57 Å². The molecule has 0 atom stereocenters. The SMILES string of the molecule is Fc1ccc(-n2c3ccccc3c3ccc(-c4ccc(N(c5ccc6c(c5)C(c5ccccc5)(c5ccccc5)c5ccccc5-6)c5ccc6ccccc6c5)cc4)cc32)cc1. The Balaban J connectivity index is 1.03. The number of halogens is 1. The number of para-hydroxylation sites is 1. The van der Waals surface area contributed by atoms with Crippen molar-refractivity contribution in [1.29, 1.82) is 0 Å². The van der Waals surface area contributed by atoms with Crippen molar-refractivity contribution >= 4 is 49.6 Å². The van der Waals surface area contributed by atoms with Crippen LogP contribution >= 0.6 is 0 Å². The van der Waals surface area contributed by atoms with Gasteiger partial charge in [0.2, 0.25) is 0 Å². The predicted molar refractivity (Wildman–Crippen MR) is 256 cm³/mol. The summed E-state index contributed by atoms with van der Waals surface area (Å²) < 4.78 is 16.3. The molecule has 0 N–H and O–H groups in total. The number of nitrogens with zero attached hydrogens (tertiary/aromatic N) is 2. The molecule has 2 nitrogen and oxygen atoms in total. The Morgan fingerprint density at radius 1 is 0.371 bits per heavy atom. The number of rotatable bonds is 7. The van der Waals surface area contributed by atoms with Crippen LogP contribution in [0.15, 0.2) is 237 Å². The average Bonchev–Trinajstić information content (AvgIpc) is 3.83. The summed E-state index contributed by atoms with van der Waals surface area (Å²) in [5, 5.41) is 4.72. The maximum absolute atomic E-state index is 14.1. The molecule has 0 saturated carbocycles. The van der Waals surface area contributed by atoms with Crippen molar-refractivity contribution in [3.05, 3.63) is 265 Å². The van der Waals surface area contributed by atoms with E-state index in [1.807, 2.05) is 12.1 Å². The van der Waals surface area contributed by atoms with E-state index in [0.29, 0.717) is 0 Å². The second-order valence-corrected chi connectivity index (χ2v) is 16.2. The van der Waals surface area contributed by atoms with Gasteiger partial charge in [-0.1, -0.05) is 164 Å². The molecule has 1 aliphatic rings. The molecule has 10 aromatic carbocycles. The zero-order valence-electron chi connectivity index (χ0n) is 33.8. The Kier molecular flexibility index (Phi) is 8.29.